The normalized spacial score (nSPS) is 19.3. The monoisotopic (exact) mass is 171 g/mol. The standard InChI is InChI=1S/C8H17N3O/c1-6(2)3-11-4-7(5-11)8(12)10-9/h6-7H,3-5,9H2,1-2H3,(H,10,12). The van der Waals surface area contributed by atoms with Crippen molar-refractivity contribution >= 4 is 5.91 Å². The summed E-state index contributed by atoms with van der Waals surface area (Å²) in [6.45, 7) is 7.16. The highest BCUT2D eigenvalue weighted by molar-refractivity contribution is 5.79. The molecule has 12 heavy (non-hydrogen) atoms. The lowest BCUT2D eigenvalue weighted by atomic mass is 9.98. The van der Waals surface area contributed by atoms with Crippen LogP contribution < -0.4 is 11.3 Å². The third-order valence-electron chi connectivity index (χ3n) is 2.09. The van der Waals surface area contributed by atoms with Crippen LogP contribution in [0, 0.1) is 11.8 Å². The lowest BCUT2D eigenvalue weighted by molar-refractivity contribution is -0.130. The van der Waals surface area contributed by atoms with Gasteiger partial charge in [0.05, 0.1) is 5.92 Å². The lowest BCUT2D eigenvalue weighted by Crippen LogP contribution is -2.55. The molecule has 1 amide bonds. The van der Waals surface area contributed by atoms with Crippen LogP contribution in [0.15, 0.2) is 0 Å². The third-order valence-corrected chi connectivity index (χ3v) is 2.09. The Morgan fingerprint density at radius 3 is 2.67 bits per heavy atom. The van der Waals surface area contributed by atoms with Gasteiger partial charge in [-0.1, -0.05) is 13.8 Å². The Kier molecular flexibility index (Phi) is 3.05. The number of nitrogens with one attached hydrogen (secondary N) is 1. The highest BCUT2D eigenvalue weighted by atomic mass is 16.2. The first-order chi connectivity index (χ1) is 5.63. The molecule has 1 heterocycles. The molecule has 1 rings (SSSR count). The largest absolute Gasteiger partial charge is 0.301 e. The van der Waals surface area contributed by atoms with E-state index < -0.39 is 0 Å². The van der Waals surface area contributed by atoms with Crippen molar-refractivity contribution in [3.63, 3.8) is 0 Å². The van der Waals surface area contributed by atoms with Gasteiger partial charge in [0.1, 0.15) is 0 Å². The minimum absolute atomic E-state index is 0.0324. The van der Waals surface area contributed by atoms with Crippen LogP contribution in [0.1, 0.15) is 13.8 Å². The number of nitrogens with zero attached hydrogens (tertiary/aromatic N) is 1. The van der Waals surface area contributed by atoms with E-state index >= 15 is 0 Å². The Balaban J connectivity index is 2.15. The number of hydrogen-bond donors (Lipinski definition) is 2. The van der Waals surface area contributed by atoms with Gasteiger partial charge in [0, 0.05) is 19.6 Å². The molecule has 1 saturated heterocycles. The molecule has 1 fully saturated rings. The van der Waals surface area contributed by atoms with E-state index in [9.17, 15) is 4.79 Å². The minimum atomic E-state index is -0.0324. The van der Waals surface area contributed by atoms with Gasteiger partial charge >= 0.3 is 0 Å². The Hall–Kier alpha value is -0.610. The van der Waals surface area contributed by atoms with Gasteiger partial charge in [-0.05, 0) is 5.92 Å². The van der Waals surface area contributed by atoms with Crippen LogP contribution in [-0.2, 0) is 4.79 Å². The molecule has 1 aliphatic rings. The van der Waals surface area contributed by atoms with Crippen LogP contribution in [0.5, 0.6) is 0 Å². The summed E-state index contributed by atoms with van der Waals surface area (Å²) in [5.74, 6) is 5.77. The smallest absolute Gasteiger partial charge is 0.239 e. The van der Waals surface area contributed by atoms with Gasteiger partial charge in [-0.3, -0.25) is 10.2 Å². The third kappa shape index (κ3) is 2.19. The molecular weight excluding hydrogens is 154 g/mol. The van der Waals surface area contributed by atoms with E-state index in [-0.39, 0.29) is 11.8 Å². The van der Waals surface area contributed by atoms with E-state index in [0.29, 0.717) is 5.92 Å². The highest BCUT2D eigenvalue weighted by Gasteiger charge is 2.31. The van der Waals surface area contributed by atoms with Gasteiger partial charge in [0.25, 0.3) is 0 Å². The average molecular weight is 171 g/mol. The maximum atomic E-state index is 11.0. The highest BCUT2D eigenvalue weighted by Crippen LogP contribution is 2.16. The summed E-state index contributed by atoms with van der Waals surface area (Å²) in [7, 11) is 0. The second-order valence-corrected chi connectivity index (χ2v) is 3.82. The quantitative estimate of drug-likeness (QED) is 0.344. The molecule has 0 bridgehead atoms. The average Bonchev–Trinajstić information content (AvgIpc) is 1.94. The second kappa shape index (κ2) is 3.87. The van der Waals surface area contributed by atoms with Crippen molar-refractivity contribution < 1.29 is 4.79 Å². The Labute approximate surface area is 73.1 Å². The molecule has 3 N–H and O–H groups in total. The summed E-state index contributed by atoms with van der Waals surface area (Å²) in [6, 6.07) is 0. The molecule has 0 atom stereocenters. The molecule has 0 unspecified atom stereocenters. The van der Waals surface area contributed by atoms with Gasteiger partial charge in [-0.2, -0.15) is 0 Å². The number of nitrogens with two attached hydrogens (primary N) is 1. The fourth-order valence-electron chi connectivity index (χ4n) is 1.52. The molecule has 4 heteroatoms. The molecule has 4 nitrogen and oxygen atoms in total. The number of hydrogen-bond acceptors (Lipinski definition) is 3. The van der Waals surface area contributed by atoms with Crippen LogP contribution in [0.25, 0.3) is 0 Å². The Morgan fingerprint density at radius 2 is 2.25 bits per heavy atom. The molecule has 0 saturated carbocycles. The number of carbonyl (C=O) groups excluding carboxylic acids is 1. The fraction of sp³-hybridized carbons (Fsp3) is 0.875. The number of likely N-dealkylation sites (tertiary alicyclic amines) is 1. The molecular formula is C8H17N3O. The Morgan fingerprint density at radius 1 is 1.67 bits per heavy atom. The molecule has 0 aliphatic carbocycles. The SMILES string of the molecule is CC(C)CN1CC(C(=O)NN)C1. The minimum Gasteiger partial charge on any atom is -0.301 e. The van der Waals surface area contributed by atoms with Crippen molar-refractivity contribution in [2.75, 3.05) is 19.6 Å². The first-order valence-corrected chi connectivity index (χ1v) is 4.36. The van der Waals surface area contributed by atoms with E-state index in [2.05, 4.69) is 24.2 Å². The Bertz CT molecular complexity index is 164. The maximum Gasteiger partial charge on any atom is 0.239 e. The zero-order valence-corrected chi connectivity index (χ0v) is 7.71. The topological polar surface area (TPSA) is 58.4 Å². The summed E-state index contributed by atoms with van der Waals surface area (Å²) in [5, 5.41) is 0. The van der Waals surface area contributed by atoms with Crippen molar-refractivity contribution in [2.45, 2.75) is 13.8 Å². The summed E-state index contributed by atoms with van der Waals surface area (Å²) in [5.41, 5.74) is 2.18. The summed E-state index contributed by atoms with van der Waals surface area (Å²) in [4.78, 5) is 13.2. The second-order valence-electron chi connectivity index (χ2n) is 3.82. The zero-order valence-electron chi connectivity index (χ0n) is 7.71. The lowest BCUT2D eigenvalue weighted by Gasteiger charge is -2.38. The predicted molar refractivity (Wildman–Crippen MR) is 47.1 cm³/mol. The first kappa shape index (κ1) is 9.48. The maximum absolute atomic E-state index is 11.0. The van der Waals surface area contributed by atoms with E-state index in [1.165, 1.54) is 0 Å². The summed E-state index contributed by atoms with van der Waals surface area (Å²) >= 11 is 0. The predicted octanol–water partition coefficient (Wildman–Crippen LogP) is -0.436. The molecule has 1 aliphatic heterocycles. The van der Waals surface area contributed by atoms with Gasteiger partial charge < -0.3 is 4.90 Å². The molecule has 70 valence electrons. The van der Waals surface area contributed by atoms with Crippen molar-refractivity contribution in [3.05, 3.63) is 0 Å². The van der Waals surface area contributed by atoms with E-state index in [1.54, 1.807) is 0 Å². The van der Waals surface area contributed by atoms with Gasteiger partial charge in [0.2, 0.25) is 5.91 Å². The molecule has 0 radical (unpaired) electrons. The number of rotatable bonds is 3. The summed E-state index contributed by atoms with van der Waals surface area (Å²) < 4.78 is 0. The van der Waals surface area contributed by atoms with E-state index in [0.717, 1.165) is 19.6 Å². The zero-order chi connectivity index (χ0) is 9.14. The molecule has 0 aromatic heterocycles. The van der Waals surface area contributed by atoms with Gasteiger partial charge in [-0.15, -0.1) is 0 Å². The van der Waals surface area contributed by atoms with E-state index in [1.807, 2.05) is 0 Å². The van der Waals surface area contributed by atoms with Crippen LogP contribution in [0.4, 0.5) is 0 Å². The number of amides is 1. The molecule has 0 spiro atoms. The van der Waals surface area contributed by atoms with Crippen molar-refractivity contribution in [1.82, 2.24) is 10.3 Å². The van der Waals surface area contributed by atoms with Crippen LogP contribution in [0.2, 0.25) is 0 Å². The van der Waals surface area contributed by atoms with Crippen molar-refractivity contribution in [3.8, 4) is 0 Å². The van der Waals surface area contributed by atoms with Crippen LogP contribution >= 0.6 is 0 Å². The van der Waals surface area contributed by atoms with Gasteiger partial charge in [-0.25, -0.2) is 5.84 Å². The fourth-order valence-corrected chi connectivity index (χ4v) is 1.52. The first-order valence-electron chi connectivity index (χ1n) is 4.36. The molecule has 0 aromatic carbocycles. The summed E-state index contributed by atoms with van der Waals surface area (Å²) in [6.07, 6.45) is 0. The van der Waals surface area contributed by atoms with Crippen LogP contribution in [-0.4, -0.2) is 30.4 Å². The number of carbonyl (C=O) groups is 1. The van der Waals surface area contributed by atoms with Crippen molar-refractivity contribution in [2.24, 2.45) is 17.7 Å². The van der Waals surface area contributed by atoms with Gasteiger partial charge in [0.15, 0.2) is 0 Å². The van der Waals surface area contributed by atoms with E-state index in [4.69, 9.17) is 5.84 Å². The van der Waals surface area contributed by atoms with Crippen LogP contribution in [0.3, 0.4) is 0 Å². The number of hydrazine groups is 1. The molecule has 0 aromatic rings. The van der Waals surface area contributed by atoms with Crippen molar-refractivity contribution in [1.29, 1.82) is 0 Å².